The highest BCUT2D eigenvalue weighted by Crippen LogP contribution is 2.28. The summed E-state index contributed by atoms with van der Waals surface area (Å²) in [4.78, 5) is 12.4. The number of carbonyl (C=O) groups is 1. The van der Waals surface area contributed by atoms with Crippen LogP contribution in [0.4, 0.5) is 5.69 Å². The molecule has 7 nitrogen and oxygen atoms in total. The number of halogens is 1. The molecule has 1 atom stereocenters. The first-order chi connectivity index (χ1) is 13.1. The van der Waals surface area contributed by atoms with Crippen molar-refractivity contribution in [2.45, 2.75) is 16.6 Å². The molecule has 3 rings (SSSR count). The van der Waals surface area contributed by atoms with Gasteiger partial charge < -0.3 is 10.1 Å². The molecular weight excluding hydrogens is 426 g/mol. The third-order valence-electron chi connectivity index (χ3n) is 4.48. The summed E-state index contributed by atoms with van der Waals surface area (Å²) in [7, 11) is -5.60. The Morgan fingerprint density at radius 3 is 2.39 bits per heavy atom. The quantitative estimate of drug-likeness (QED) is 0.761. The Labute approximate surface area is 168 Å². The number of amides is 1. The molecule has 0 radical (unpaired) electrons. The maximum Gasteiger partial charge on any atom is 0.255 e. The van der Waals surface area contributed by atoms with Gasteiger partial charge in [0.15, 0.2) is 19.7 Å². The van der Waals surface area contributed by atoms with Crippen LogP contribution in [0.2, 0.25) is 5.02 Å². The lowest BCUT2D eigenvalue weighted by Crippen LogP contribution is -2.22. The van der Waals surface area contributed by atoms with Crippen molar-refractivity contribution in [1.29, 1.82) is 0 Å². The molecule has 0 saturated carbocycles. The van der Waals surface area contributed by atoms with Crippen molar-refractivity contribution in [3.05, 3.63) is 53.1 Å². The van der Waals surface area contributed by atoms with E-state index in [1.165, 1.54) is 37.4 Å². The number of hydrogen-bond donors (Lipinski definition) is 1. The van der Waals surface area contributed by atoms with E-state index in [0.717, 1.165) is 0 Å². The molecule has 28 heavy (non-hydrogen) atoms. The molecule has 1 amide bonds. The van der Waals surface area contributed by atoms with Crippen LogP contribution in [0.15, 0.2) is 47.4 Å². The van der Waals surface area contributed by atoms with Crippen LogP contribution in [0.1, 0.15) is 16.8 Å². The van der Waals surface area contributed by atoms with Gasteiger partial charge in [-0.15, -0.1) is 0 Å². The van der Waals surface area contributed by atoms with Gasteiger partial charge in [-0.05, 0) is 48.9 Å². The summed E-state index contributed by atoms with van der Waals surface area (Å²) >= 11 is 6.03. The van der Waals surface area contributed by atoms with Gasteiger partial charge >= 0.3 is 0 Å². The molecule has 1 aliphatic rings. The highest BCUT2D eigenvalue weighted by Gasteiger charge is 2.37. The molecular formula is C18H18ClNO6S2. The normalized spacial score (nSPS) is 18.6. The molecule has 150 valence electrons. The molecule has 10 heteroatoms. The number of nitrogens with one attached hydrogen (secondary N) is 1. The number of methoxy groups -OCH3 is 1. The Balaban J connectivity index is 1.75. The lowest BCUT2D eigenvalue weighted by Gasteiger charge is -2.11. The fourth-order valence-corrected chi connectivity index (χ4v) is 7.56. The van der Waals surface area contributed by atoms with Gasteiger partial charge in [0, 0.05) is 11.3 Å². The summed E-state index contributed by atoms with van der Waals surface area (Å²) in [5.74, 6) is -0.450. The molecule has 0 unspecified atom stereocenters. The summed E-state index contributed by atoms with van der Waals surface area (Å²) in [6.45, 7) is 0. The van der Waals surface area contributed by atoms with Gasteiger partial charge in [-0.1, -0.05) is 11.6 Å². The Kier molecular flexibility index (Phi) is 5.69. The van der Waals surface area contributed by atoms with Crippen molar-refractivity contribution in [3.8, 4) is 5.75 Å². The molecule has 0 aromatic heterocycles. The first-order valence-corrected chi connectivity index (χ1v) is 12.1. The lowest BCUT2D eigenvalue weighted by atomic mass is 10.2. The van der Waals surface area contributed by atoms with E-state index in [9.17, 15) is 21.6 Å². The van der Waals surface area contributed by atoms with Gasteiger partial charge in [0.25, 0.3) is 5.91 Å². The van der Waals surface area contributed by atoms with Gasteiger partial charge in [-0.25, -0.2) is 16.8 Å². The monoisotopic (exact) mass is 443 g/mol. The number of ether oxygens (including phenoxy) is 1. The minimum absolute atomic E-state index is 0.00126. The average Bonchev–Trinajstić information content (AvgIpc) is 3.02. The van der Waals surface area contributed by atoms with Crippen LogP contribution in [0, 0.1) is 0 Å². The van der Waals surface area contributed by atoms with E-state index < -0.39 is 30.8 Å². The van der Waals surface area contributed by atoms with Crippen LogP contribution in [0.5, 0.6) is 5.75 Å². The Morgan fingerprint density at radius 2 is 1.86 bits per heavy atom. The van der Waals surface area contributed by atoms with Crippen LogP contribution < -0.4 is 10.1 Å². The molecule has 2 aromatic rings. The highest BCUT2D eigenvalue weighted by atomic mass is 35.5. The summed E-state index contributed by atoms with van der Waals surface area (Å²) in [6.07, 6.45) is 0.0884. The average molecular weight is 444 g/mol. The topological polar surface area (TPSA) is 107 Å². The van der Waals surface area contributed by atoms with Crippen molar-refractivity contribution in [2.24, 2.45) is 0 Å². The standard InChI is InChI=1S/C18H18ClNO6S2/c1-26-17-7-4-13(10-16(17)19)20-18(21)12-2-5-14(6-3-12)28(24,25)15-8-9-27(22,23)11-15/h2-7,10,15H,8-9,11H2,1H3,(H,20,21)/t15-/m0/s1. The van der Waals surface area contributed by atoms with E-state index >= 15 is 0 Å². The maximum atomic E-state index is 12.6. The minimum Gasteiger partial charge on any atom is -0.495 e. The smallest absolute Gasteiger partial charge is 0.255 e. The van der Waals surface area contributed by atoms with Gasteiger partial charge in [-0.3, -0.25) is 4.79 Å². The van der Waals surface area contributed by atoms with Crippen molar-refractivity contribution in [2.75, 3.05) is 23.9 Å². The summed E-state index contributed by atoms with van der Waals surface area (Å²) in [6, 6.07) is 10.2. The SMILES string of the molecule is COc1ccc(NC(=O)c2ccc(S(=O)(=O)[C@H]3CCS(=O)(=O)C3)cc2)cc1Cl. The van der Waals surface area contributed by atoms with Crippen molar-refractivity contribution < 1.29 is 26.4 Å². The molecule has 1 heterocycles. The fraction of sp³-hybridized carbons (Fsp3) is 0.278. The number of anilines is 1. The van der Waals surface area contributed by atoms with Crippen molar-refractivity contribution >= 4 is 42.9 Å². The molecule has 1 saturated heterocycles. The van der Waals surface area contributed by atoms with Crippen LogP contribution in [0.3, 0.4) is 0 Å². The minimum atomic E-state index is -3.77. The van der Waals surface area contributed by atoms with Gasteiger partial charge in [0.1, 0.15) is 5.75 Å². The van der Waals surface area contributed by atoms with Crippen molar-refractivity contribution in [3.63, 3.8) is 0 Å². The first-order valence-electron chi connectivity index (χ1n) is 8.32. The molecule has 0 bridgehead atoms. The second kappa shape index (κ2) is 7.73. The van der Waals surface area contributed by atoms with E-state index in [0.29, 0.717) is 16.5 Å². The summed E-state index contributed by atoms with van der Waals surface area (Å²) in [5, 5.41) is 2.06. The summed E-state index contributed by atoms with van der Waals surface area (Å²) in [5.41, 5.74) is 0.716. The molecule has 1 N–H and O–H groups in total. The zero-order chi connectivity index (χ0) is 20.5. The van der Waals surface area contributed by atoms with Gasteiger partial charge in [-0.2, -0.15) is 0 Å². The Morgan fingerprint density at radius 1 is 1.18 bits per heavy atom. The number of hydrogen-bond acceptors (Lipinski definition) is 6. The van der Waals surface area contributed by atoms with Crippen LogP contribution in [-0.2, 0) is 19.7 Å². The third-order valence-corrected chi connectivity index (χ3v) is 8.97. The zero-order valence-electron chi connectivity index (χ0n) is 14.9. The van der Waals surface area contributed by atoms with Crippen LogP contribution in [-0.4, -0.2) is 46.6 Å². The predicted octanol–water partition coefficient (Wildman–Crippen LogP) is 2.56. The maximum absolute atomic E-state index is 12.6. The number of sulfone groups is 2. The zero-order valence-corrected chi connectivity index (χ0v) is 17.3. The second-order valence-corrected chi connectivity index (χ2v) is 11.3. The van der Waals surface area contributed by atoms with E-state index in [4.69, 9.17) is 16.3 Å². The predicted molar refractivity (Wildman–Crippen MR) is 107 cm³/mol. The number of benzene rings is 2. The van der Waals surface area contributed by atoms with Crippen LogP contribution in [0.25, 0.3) is 0 Å². The van der Waals surface area contributed by atoms with Gasteiger partial charge in [0.2, 0.25) is 0 Å². The third kappa shape index (κ3) is 4.31. The lowest BCUT2D eigenvalue weighted by molar-refractivity contribution is 0.102. The van der Waals surface area contributed by atoms with Crippen LogP contribution >= 0.6 is 11.6 Å². The van der Waals surface area contributed by atoms with E-state index in [2.05, 4.69) is 5.32 Å². The molecule has 2 aromatic carbocycles. The van der Waals surface area contributed by atoms with Crippen molar-refractivity contribution in [1.82, 2.24) is 0 Å². The molecule has 0 spiro atoms. The van der Waals surface area contributed by atoms with E-state index in [1.54, 1.807) is 12.1 Å². The summed E-state index contributed by atoms with van der Waals surface area (Å²) < 4.78 is 53.4. The Bertz CT molecular complexity index is 1110. The van der Waals surface area contributed by atoms with E-state index in [-0.39, 0.29) is 28.4 Å². The second-order valence-electron chi connectivity index (χ2n) is 6.40. The fourth-order valence-electron chi connectivity index (χ4n) is 2.94. The first kappa shape index (κ1) is 20.6. The van der Waals surface area contributed by atoms with E-state index in [1.807, 2.05) is 0 Å². The number of carbonyl (C=O) groups excluding carboxylic acids is 1. The number of rotatable bonds is 5. The highest BCUT2D eigenvalue weighted by molar-refractivity contribution is 7.96. The van der Waals surface area contributed by atoms with Gasteiger partial charge in [0.05, 0.1) is 33.8 Å². The molecule has 1 aliphatic heterocycles. The largest absolute Gasteiger partial charge is 0.495 e. The molecule has 1 fully saturated rings. The molecule has 0 aliphatic carbocycles. The Hall–Kier alpha value is -2.10.